The minimum absolute atomic E-state index is 0.0458. The van der Waals surface area contributed by atoms with E-state index in [0.717, 1.165) is 31.4 Å². The zero-order valence-corrected chi connectivity index (χ0v) is 18.0. The van der Waals surface area contributed by atoms with Gasteiger partial charge in [0, 0.05) is 5.69 Å². The first-order chi connectivity index (χ1) is 15.1. The van der Waals surface area contributed by atoms with E-state index in [9.17, 15) is 14.9 Å². The fourth-order valence-corrected chi connectivity index (χ4v) is 2.62. The molecule has 1 N–H and O–H groups in total. The topological polar surface area (TPSA) is 88.4 Å². The zero-order chi connectivity index (χ0) is 22.5. The van der Waals surface area contributed by atoms with E-state index in [1.54, 1.807) is 30.3 Å². The van der Waals surface area contributed by atoms with Gasteiger partial charge in [0.25, 0.3) is 5.91 Å². The molecule has 1 amide bonds. The van der Waals surface area contributed by atoms with Crippen LogP contribution in [0.15, 0.2) is 54.1 Å². The second-order valence-electron chi connectivity index (χ2n) is 6.97. The molecule has 6 heteroatoms. The van der Waals surface area contributed by atoms with Crippen molar-refractivity contribution >= 4 is 23.6 Å². The minimum Gasteiger partial charge on any atom is -0.494 e. The van der Waals surface area contributed by atoms with Crippen LogP contribution in [0.4, 0.5) is 5.69 Å². The summed E-state index contributed by atoms with van der Waals surface area (Å²) in [6, 6.07) is 15.6. The van der Waals surface area contributed by atoms with E-state index in [0.29, 0.717) is 30.0 Å². The molecule has 0 spiro atoms. The molecule has 31 heavy (non-hydrogen) atoms. The zero-order valence-electron chi connectivity index (χ0n) is 18.0. The predicted octanol–water partition coefficient (Wildman–Crippen LogP) is 5.37. The van der Waals surface area contributed by atoms with Crippen molar-refractivity contribution < 1.29 is 19.1 Å². The molecule has 0 radical (unpaired) electrons. The van der Waals surface area contributed by atoms with Crippen LogP contribution in [-0.4, -0.2) is 25.1 Å². The van der Waals surface area contributed by atoms with Crippen LogP contribution in [0, 0.1) is 11.3 Å². The molecule has 0 heterocycles. The number of nitrogens with one attached hydrogen (secondary N) is 1. The minimum atomic E-state index is -0.553. The Morgan fingerprint density at radius 3 is 2.42 bits per heavy atom. The molecular formula is C25H28N2O4. The second kappa shape index (κ2) is 12.9. The lowest BCUT2D eigenvalue weighted by atomic mass is 10.1. The highest BCUT2D eigenvalue weighted by atomic mass is 16.5. The molecule has 0 fully saturated rings. The van der Waals surface area contributed by atoms with E-state index in [1.165, 1.54) is 12.1 Å². The second-order valence-corrected chi connectivity index (χ2v) is 6.97. The molecule has 0 unspecified atom stereocenters. The van der Waals surface area contributed by atoms with E-state index in [1.807, 2.05) is 25.1 Å². The molecular weight excluding hydrogens is 392 g/mol. The van der Waals surface area contributed by atoms with Gasteiger partial charge in [0.15, 0.2) is 0 Å². The van der Waals surface area contributed by atoms with Gasteiger partial charge in [0.1, 0.15) is 17.4 Å². The quantitative estimate of drug-likeness (QED) is 0.229. The van der Waals surface area contributed by atoms with Crippen molar-refractivity contribution in [1.82, 2.24) is 0 Å². The standard InChI is InChI=1S/C25H28N2O4/c1-3-5-14-30-23-12-10-19(11-13-23)16-21(18-26)24(28)27-22-9-7-8-20(17-22)25(29)31-15-6-4-2/h7-13,16-17H,3-6,14-15H2,1-2H3,(H,27,28)/b21-16+. The number of esters is 1. The monoisotopic (exact) mass is 420 g/mol. The van der Waals surface area contributed by atoms with Crippen LogP contribution >= 0.6 is 0 Å². The number of hydrogen-bond acceptors (Lipinski definition) is 5. The number of benzene rings is 2. The van der Waals surface area contributed by atoms with Crippen LogP contribution in [-0.2, 0) is 9.53 Å². The largest absolute Gasteiger partial charge is 0.494 e. The molecule has 0 bridgehead atoms. The molecule has 0 atom stereocenters. The maximum Gasteiger partial charge on any atom is 0.338 e. The average molecular weight is 421 g/mol. The summed E-state index contributed by atoms with van der Waals surface area (Å²) < 4.78 is 10.8. The molecule has 0 aromatic heterocycles. The third kappa shape index (κ3) is 7.98. The maximum atomic E-state index is 12.5. The van der Waals surface area contributed by atoms with Crippen molar-refractivity contribution in [3.63, 3.8) is 0 Å². The number of carbonyl (C=O) groups is 2. The normalized spacial score (nSPS) is 10.8. The highest BCUT2D eigenvalue weighted by Gasteiger charge is 2.12. The van der Waals surface area contributed by atoms with Crippen molar-refractivity contribution in [2.45, 2.75) is 39.5 Å². The summed E-state index contributed by atoms with van der Waals surface area (Å²) in [5.74, 6) is -0.250. The van der Waals surface area contributed by atoms with Crippen molar-refractivity contribution in [1.29, 1.82) is 5.26 Å². The van der Waals surface area contributed by atoms with Crippen LogP contribution in [0.3, 0.4) is 0 Å². The van der Waals surface area contributed by atoms with E-state index in [2.05, 4.69) is 12.2 Å². The van der Waals surface area contributed by atoms with Gasteiger partial charge < -0.3 is 14.8 Å². The smallest absolute Gasteiger partial charge is 0.338 e. The molecule has 6 nitrogen and oxygen atoms in total. The van der Waals surface area contributed by atoms with Gasteiger partial charge in [0.05, 0.1) is 18.8 Å². The van der Waals surface area contributed by atoms with Gasteiger partial charge in [-0.3, -0.25) is 4.79 Å². The maximum absolute atomic E-state index is 12.5. The number of hydrogen-bond donors (Lipinski definition) is 1. The number of nitriles is 1. The van der Waals surface area contributed by atoms with Gasteiger partial charge in [-0.1, -0.05) is 44.9 Å². The van der Waals surface area contributed by atoms with Crippen LogP contribution in [0.1, 0.15) is 55.5 Å². The number of amides is 1. The van der Waals surface area contributed by atoms with Crippen LogP contribution in [0.2, 0.25) is 0 Å². The highest BCUT2D eigenvalue weighted by Crippen LogP contribution is 2.17. The van der Waals surface area contributed by atoms with Crippen molar-refractivity contribution in [3.8, 4) is 11.8 Å². The first-order valence-electron chi connectivity index (χ1n) is 10.5. The van der Waals surface area contributed by atoms with E-state index < -0.39 is 11.9 Å². The Labute approximate surface area is 183 Å². The van der Waals surface area contributed by atoms with Gasteiger partial charge in [0.2, 0.25) is 0 Å². The third-order valence-corrected chi connectivity index (χ3v) is 4.41. The summed E-state index contributed by atoms with van der Waals surface area (Å²) in [7, 11) is 0. The van der Waals surface area contributed by atoms with E-state index in [4.69, 9.17) is 9.47 Å². The number of anilines is 1. The Kier molecular flexibility index (Phi) is 9.83. The summed E-state index contributed by atoms with van der Waals surface area (Å²) >= 11 is 0. The van der Waals surface area contributed by atoms with Crippen molar-refractivity contribution in [3.05, 3.63) is 65.2 Å². The number of carbonyl (C=O) groups excluding carboxylic acids is 2. The molecule has 0 saturated carbocycles. The Morgan fingerprint density at radius 2 is 1.74 bits per heavy atom. The molecule has 2 aromatic carbocycles. The highest BCUT2D eigenvalue weighted by molar-refractivity contribution is 6.10. The van der Waals surface area contributed by atoms with Crippen molar-refractivity contribution in [2.24, 2.45) is 0 Å². The van der Waals surface area contributed by atoms with Crippen LogP contribution in [0.25, 0.3) is 6.08 Å². The summed E-state index contributed by atoms with van der Waals surface area (Å²) in [5, 5.41) is 12.1. The summed E-state index contributed by atoms with van der Waals surface area (Å²) in [4.78, 5) is 24.6. The lowest BCUT2D eigenvalue weighted by Crippen LogP contribution is -2.14. The van der Waals surface area contributed by atoms with Crippen molar-refractivity contribution in [2.75, 3.05) is 18.5 Å². The predicted molar refractivity (Wildman–Crippen MR) is 121 cm³/mol. The molecule has 2 aromatic rings. The van der Waals surface area contributed by atoms with Gasteiger partial charge in [-0.15, -0.1) is 0 Å². The Balaban J connectivity index is 2.03. The fraction of sp³-hybridized carbons (Fsp3) is 0.320. The fourth-order valence-electron chi connectivity index (χ4n) is 2.62. The number of nitrogens with zero attached hydrogens (tertiary/aromatic N) is 1. The summed E-state index contributed by atoms with van der Waals surface area (Å²) in [6.07, 6.45) is 5.28. The van der Waals surface area contributed by atoms with E-state index in [-0.39, 0.29) is 5.57 Å². The average Bonchev–Trinajstić information content (AvgIpc) is 2.78. The molecule has 0 aliphatic carbocycles. The Hall–Kier alpha value is -3.59. The van der Waals surface area contributed by atoms with Gasteiger partial charge in [-0.25, -0.2) is 4.79 Å². The summed E-state index contributed by atoms with van der Waals surface area (Å²) in [5.41, 5.74) is 1.42. The Morgan fingerprint density at radius 1 is 1.03 bits per heavy atom. The molecule has 2 rings (SSSR count). The van der Waals surface area contributed by atoms with Crippen LogP contribution in [0.5, 0.6) is 5.75 Å². The molecule has 0 saturated heterocycles. The summed E-state index contributed by atoms with van der Waals surface area (Å²) in [6.45, 7) is 5.12. The van der Waals surface area contributed by atoms with Gasteiger partial charge in [-0.05, 0) is 54.8 Å². The van der Waals surface area contributed by atoms with Gasteiger partial charge >= 0.3 is 5.97 Å². The molecule has 162 valence electrons. The lowest BCUT2D eigenvalue weighted by Gasteiger charge is -2.08. The first kappa shape index (κ1) is 23.7. The number of rotatable bonds is 11. The molecule has 0 aliphatic heterocycles. The lowest BCUT2D eigenvalue weighted by molar-refractivity contribution is -0.112. The number of unbranched alkanes of at least 4 members (excludes halogenated alkanes) is 2. The first-order valence-corrected chi connectivity index (χ1v) is 10.5. The SMILES string of the molecule is CCCCOC(=O)c1cccc(NC(=O)/C(C#N)=C/c2ccc(OCCCC)cc2)c1. The Bertz CT molecular complexity index is 943. The molecule has 0 aliphatic rings. The van der Waals surface area contributed by atoms with E-state index >= 15 is 0 Å². The van der Waals surface area contributed by atoms with Crippen LogP contribution < -0.4 is 10.1 Å². The third-order valence-electron chi connectivity index (χ3n) is 4.41. The van der Waals surface area contributed by atoms with Gasteiger partial charge in [-0.2, -0.15) is 5.26 Å². The number of ether oxygens (including phenoxy) is 2.